The molecule has 0 saturated carbocycles. The van der Waals surface area contributed by atoms with Crippen LogP contribution in [0.25, 0.3) is 0 Å². The number of nitrogens with one attached hydrogen (secondary N) is 1. The van der Waals surface area contributed by atoms with E-state index in [1.807, 2.05) is 49.4 Å². The lowest BCUT2D eigenvalue weighted by atomic mass is 10.0. The Morgan fingerprint density at radius 3 is 2.56 bits per heavy atom. The lowest BCUT2D eigenvalue weighted by Crippen LogP contribution is -2.32. The first-order valence-corrected chi connectivity index (χ1v) is 9.14. The molecule has 0 spiro atoms. The van der Waals surface area contributed by atoms with E-state index in [0.29, 0.717) is 24.8 Å². The monoisotopic (exact) mass is 405 g/mol. The van der Waals surface area contributed by atoms with Crippen molar-refractivity contribution in [3.05, 3.63) is 58.1 Å². The van der Waals surface area contributed by atoms with E-state index >= 15 is 0 Å². The summed E-state index contributed by atoms with van der Waals surface area (Å²) in [5.74, 6) is 1.77. The zero-order valence-corrected chi connectivity index (χ0v) is 16.4. The van der Waals surface area contributed by atoms with Crippen molar-refractivity contribution in [2.75, 3.05) is 19.8 Å². The van der Waals surface area contributed by atoms with Crippen molar-refractivity contribution < 1.29 is 14.3 Å². The number of hydrogen-bond acceptors (Lipinski definition) is 3. The minimum absolute atomic E-state index is 0.0238. The van der Waals surface area contributed by atoms with E-state index in [9.17, 15) is 4.79 Å². The molecule has 2 aromatic carbocycles. The molecule has 2 aromatic rings. The first kappa shape index (κ1) is 19.3. The van der Waals surface area contributed by atoms with Crippen LogP contribution in [0.5, 0.6) is 11.5 Å². The molecule has 0 aliphatic carbocycles. The minimum Gasteiger partial charge on any atom is -0.491 e. The molecular weight excluding hydrogens is 382 g/mol. The van der Waals surface area contributed by atoms with Crippen LogP contribution >= 0.6 is 15.9 Å². The van der Waals surface area contributed by atoms with Gasteiger partial charge in [0.15, 0.2) is 6.61 Å². The van der Waals surface area contributed by atoms with E-state index in [1.54, 1.807) is 0 Å². The lowest BCUT2D eigenvalue weighted by Gasteiger charge is -2.12. The Labute approximate surface area is 157 Å². The van der Waals surface area contributed by atoms with Gasteiger partial charge in [-0.25, -0.2) is 0 Å². The van der Waals surface area contributed by atoms with Gasteiger partial charge in [0.1, 0.15) is 18.1 Å². The highest BCUT2D eigenvalue weighted by Crippen LogP contribution is 2.28. The fourth-order valence-electron chi connectivity index (χ4n) is 2.26. The molecule has 4 nitrogen and oxygen atoms in total. The van der Waals surface area contributed by atoms with Crippen molar-refractivity contribution in [1.29, 1.82) is 0 Å². The van der Waals surface area contributed by atoms with Gasteiger partial charge in [0.25, 0.3) is 5.91 Å². The molecule has 134 valence electrons. The predicted octanol–water partition coefficient (Wildman–Crippen LogP) is 4.45. The van der Waals surface area contributed by atoms with Gasteiger partial charge in [-0.3, -0.25) is 4.79 Å². The summed E-state index contributed by atoms with van der Waals surface area (Å²) < 4.78 is 12.1. The number of para-hydroxylation sites is 1. The average Bonchev–Trinajstić information content (AvgIpc) is 2.59. The standard InChI is InChI=1S/C20H24BrNO3/c1-14(2)16-8-9-19(17(21)12-16)25-13-20(23)22-10-11-24-18-7-5-4-6-15(18)3/h4-9,12,14H,10-11,13H2,1-3H3,(H,22,23). The Hall–Kier alpha value is -2.01. The highest BCUT2D eigenvalue weighted by atomic mass is 79.9. The van der Waals surface area contributed by atoms with Crippen molar-refractivity contribution >= 4 is 21.8 Å². The quantitative estimate of drug-likeness (QED) is 0.659. The van der Waals surface area contributed by atoms with Crippen LogP contribution in [0.15, 0.2) is 46.9 Å². The third kappa shape index (κ3) is 6.09. The summed E-state index contributed by atoms with van der Waals surface area (Å²) in [6, 6.07) is 13.7. The zero-order chi connectivity index (χ0) is 18.2. The maximum Gasteiger partial charge on any atom is 0.258 e. The van der Waals surface area contributed by atoms with Crippen LogP contribution in [0.2, 0.25) is 0 Å². The molecular formula is C20H24BrNO3. The maximum absolute atomic E-state index is 11.9. The maximum atomic E-state index is 11.9. The second-order valence-electron chi connectivity index (χ2n) is 6.10. The molecule has 0 aromatic heterocycles. The Kier molecular flexibility index (Phi) is 7.31. The summed E-state index contributed by atoms with van der Waals surface area (Å²) >= 11 is 3.49. The molecule has 0 heterocycles. The molecule has 0 aliphatic heterocycles. The van der Waals surface area contributed by atoms with Crippen molar-refractivity contribution in [3.8, 4) is 11.5 Å². The summed E-state index contributed by atoms with van der Waals surface area (Å²) in [5.41, 5.74) is 2.30. The first-order chi connectivity index (χ1) is 12.0. The topological polar surface area (TPSA) is 47.6 Å². The summed E-state index contributed by atoms with van der Waals surface area (Å²) in [7, 11) is 0. The third-order valence-electron chi connectivity index (χ3n) is 3.76. The highest BCUT2D eigenvalue weighted by Gasteiger charge is 2.08. The van der Waals surface area contributed by atoms with Crippen molar-refractivity contribution in [2.24, 2.45) is 0 Å². The summed E-state index contributed by atoms with van der Waals surface area (Å²) in [5, 5.41) is 2.79. The molecule has 1 amide bonds. The average molecular weight is 406 g/mol. The summed E-state index contributed by atoms with van der Waals surface area (Å²) in [6.07, 6.45) is 0. The number of carbonyl (C=O) groups is 1. The van der Waals surface area contributed by atoms with Gasteiger partial charge in [-0.15, -0.1) is 0 Å². The number of halogens is 1. The van der Waals surface area contributed by atoms with Gasteiger partial charge < -0.3 is 14.8 Å². The van der Waals surface area contributed by atoms with E-state index in [4.69, 9.17) is 9.47 Å². The van der Waals surface area contributed by atoms with Crippen molar-refractivity contribution in [3.63, 3.8) is 0 Å². The minimum atomic E-state index is -0.173. The van der Waals surface area contributed by atoms with Gasteiger partial charge >= 0.3 is 0 Å². The highest BCUT2D eigenvalue weighted by molar-refractivity contribution is 9.10. The second kappa shape index (κ2) is 9.47. The molecule has 0 fully saturated rings. The van der Waals surface area contributed by atoms with Gasteiger partial charge in [-0.05, 0) is 58.1 Å². The summed E-state index contributed by atoms with van der Waals surface area (Å²) in [6.45, 7) is 7.09. The summed E-state index contributed by atoms with van der Waals surface area (Å²) in [4.78, 5) is 11.9. The fourth-order valence-corrected chi connectivity index (χ4v) is 2.77. The molecule has 2 rings (SSSR count). The molecule has 0 saturated heterocycles. The second-order valence-corrected chi connectivity index (χ2v) is 6.95. The Balaban J connectivity index is 1.71. The fraction of sp³-hybridized carbons (Fsp3) is 0.350. The Morgan fingerprint density at radius 1 is 1.12 bits per heavy atom. The van der Waals surface area contributed by atoms with Crippen LogP contribution in [0.1, 0.15) is 30.9 Å². The Bertz CT molecular complexity index is 716. The van der Waals surface area contributed by atoms with Crippen LogP contribution in [0, 0.1) is 6.92 Å². The third-order valence-corrected chi connectivity index (χ3v) is 4.38. The normalized spacial score (nSPS) is 10.6. The molecule has 0 aliphatic rings. The number of amides is 1. The van der Waals surface area contributed by atoms with Gasteiger partial charge in [0.2, 0.25) is 0 Å². The van der Waals surface area contributed by atoms with Gasteiger partial charge in [-0.2, -0.15) is 0 Å². The smallest absolute Gasteiger partial charge is 0.258 e. The Morgan fingerprint density at radius 2 is 1.88 bits per heavy atom. The van der Waals surface area contributed by atoms with E-state index in [-0.39, 0.29) is 12.5 Å². The number of aryl methyl sites for hydroxylation is 1. The van der Waals surface area contributed by atoms with Crippen molar-refractivity contribution in [2.45, 2.75) is 26.7 Å². The van der Waals surface area contributed by atoms with Gasteiger partial charge in [0, 0.05) is 0 Å². The number of benzene rings is 2. The van der Waals surface area contributed by atoms with Crippen LogP contribution in [0.4, 0.5) is 0 Å². The molecule has 5 heteroatoms. The zero-order valence-electron chi connectivity index (χ0n) is 14.8. The number of rotatable bonds is 8. The largest absolute Gasteiger partial charge is 0.491 e. The van der Waals surface area contributed by atoms with Gasteiger partial charge in [-0.1, -0.05) is 38.1 Å². The van der Waals surface area contributed by atoms with E-state index in [0.717, 1.165) is 15.8 Å². The SMILES string of the molecule is Cc1ccccc1OCCNC(=O)COc1ccc(C(C)C)cc1Br. The van der Waals surface area contributed by atoms with Crippen molar-refractivity contribution in [1.82, 2.24) is 5.32 Å². The van der Waals surface area contributed by atoms with Gasteiger partial charge in [0.05, 0.1) is 11.0 Å². The molecule has 25 heavy (non-hydrogen) atoms. The van der Waals surface area contributed by atoms with E-state index in [2.05, 4.69) is 35.1 Å². The number of ether oxygens (including phenoxy) is 2. The molecule has 0 atom stereocenters. The molecule has 1 N–H and O–H groups in total. The first-order valence-electron chi connectivity index (χ1n) is 8.34. The molecule has 0 radical (unpaired) electrons. The van der Waals surface area contributed by atoms with Crippen LogP contribution in [0.3, 0.4) is 0 Å². The van der Waals surface area contributed by atoms with Crippen LogP contribution in [-0.2, 0) is 4.79 Å². The lowest BCUT2D eigenvalue weighted by molar-refractivity contribution is -0.123. The molecule has 0 bridgehead atoms. The number of carbonyl (C=O) groups excluding carboxylic acids is 1. The number of hydrogen-bond donors (Lipinski definition) is 1. The van der Waals surface area contributed by atoms with E-state index < -0.39 is 0 Å². The van der Waals surface area contributed by atoms with Crippen LogP contribution in [-0.4, -0.2) is 25.7 Å². The predicted molar refractivity (Wildman–Crippen MR) is 103 cm³/mol. The van der Waals surface area contributed by atoms with E-state index in [1.165, 1.54) is 5.56 Å². The molecule has 0 unspecified atom stereocenters. The van der Waals surface area contributed by atoms with Crippen LogP contribution < -0.4 is 14.8 Å².